The SMILES string of the molecule is Cc1c(Cl)ncnc1Oc1cc(F)ccc1F. The highest BCUT2D eigenvalue weighted by Crippen LogP contribution is 2.28. The van der Waals surface area contributed by atoms with Crippen molar-refractivity contribution in [1.29, 1.82) is 0 Å². The topological polar surface area (TPSA) is 35.0 Å². The summed E-state index contributed by atoms with van der Waals surface area (Å²) in [6.45, 7) is 1.62. The Morgan fingerprint density at radius 1 is 1.24 bits per heavy atom. The van der Waals surface area contributed by atoms with Gasteiger partial charge in [0.05, 0.1) is 0 Å². The Labute approximate surface area is 101 Å². The summed E-state index contributed by atoms with van der Waals surface area (Å²) >= 11 is 5.75. The van der Waals surface area contributed by atoms with Crippen LogP contribution in [0.1, 0.15) is 5.56 Å². The molecule has 0 bridgehead atoms. The van der Waals surface area contributed by atoms with Crippen molar-refractivity contribution < 1.29 is 13.5 Å². The third-order valence-corrected chi connectivity index (χ3v) is 2.46. The summed E-state index contributed by atoms with van der Waals surface area (Å²) in [4.78, 5) is 7.53. The molecule has 0 fully saturated rings. The maximum Gasteiger partial charge on any atom is 0.226 e. The summed E-state index contributed by atoms with van der Waals surface area (Å²) in [5.41, 5.74) is 0.456. The Hall–Kier alpha value is -1.75. The van der Waals surface area contributed by atoms with E-state index in [1.54, 1.807) is 6.92 Å². The van der Waals surface area contributed by atoms with E-state index in [0.717, 1.165) is 18.2 Å². The van der Waals surface area contributed by atoms with Crippen molar-refractivity contribution in [2.24, 2.45) is 0 Å². The Balaban J connectivity index is 2.38. The molecule has 2 aromatic rings. The van der Waals surface area contributed by atoms with Crippen LogP contribution in [0.5, 0.6) is 11.6 Å². The quantitative estimate of drug-likeness (QED) is 0.771. The van der Waals surface area contributed by atoms with Crippen molar-refractivity contribution in [3.63, 3.8) is 0 Å². The maximum atomic E-state index is 13.3. The molecule has 17 heavy (non-hydrogen) atoms. The minimum absolute atomic E-state index is 0.0921. The molecule has 3 nitrogen and oxygen atoms in total. The Morgan fingerprint density at radius 2 is 2.00 bits per heavy atom. The van der Waals surface area contributed by atoms with Crippen LogP contribution in [0.2, 0.25) is 5.15 Å². The van der Waals surface area contributed by atoms with Crippen LogP contribution >= 0.6 is 11.6 Å². The van der Waals surface area contributed by atoms with E-state index in [0.29, 0.717) is 5.56 Å². The van der Waals surface area contributed by atoms with Crippen molar-refractivity contribution in [3.05, 3.63) is 46.9 Å². The van der Waals surface area contributed by atoms with Crippen LogP contribution in [0.4, 0.5) is 8.78 Å². The number of aromatic nitrogens is 2. The van der Waals surface area contributed by atoms with Gasteiger partial charge in [-0.1, -0.05) is 11.6 Å². The largest absolute Gasteiger partial charge is 0.435 e. The van der Waals surface area contributed by atoms with Gasteiger partial charge in [0.2, 0.25) is 5.88 Å². The van der Waals surface area contributed by atoms with Crippen LogP contribution in [0.15, 0.2) is 24.5 Å². The van der Waals surface area contributed by atoms with E-state index in [9.17, 15) is 8.78 Å². The molecular weight excluding hydrogens is 250 g/mol. The molecule has 0 unspecified atom stereocenters. The number of hydrogen-bond donors (Lipinski definition) is 0. The van der Waals surface area contributed by atoms with Gasteiger partial charge in [0.15, 0.2) is 11.6 Å². The van der Waals surface area contributed by atoms with Crippen LogP contribution in [-0.4, -0.2) is 9.97 Å². The second kappa shape index (κ2) is 4.63. The lowest BCUT2D eigenvalue weighted by Gasteiger charge is -2.08. The molecule has 0 aliphatic carbocycles. The number of nitrogens with zero attached hydrogens (tertiary/aromatic N) is 2. The third kappa shape index (κ3) is 2.50. The van der Waals surface area contributed by atoms with Crippen molar-refractivity contribution in [1.82, 2.24) is 9.97 Å². The van der Waals surface area contributed by atoms with E-state index in [4.69, 9.17) is 16.3 Å². The molecule has 0 atom stereocenters. The average Bonchev–Trinajstić information content (AvgIpc) is 2.30. The fourth-order valence-corrected chi connectivity index (χ4v) is 1.30. The first kappa shape index (κ1) is 11.7. The van der Waals surface area contributed by atoms with Gasteiger partial charge in [-0.05, 0) is 19.1 Å². The highest BCUT2D eigenvalue weighted by atomic mass is 35.5. The Morgan fingerprint density at radius 3 is 2.76 bits per heavy atom. The lowest BCUT2D eigenvalue weighted by Crippen LogP contribution is -1.96. The fourth-order valence-electron chi connectivity index (χ4n) is 1.18. The lowest BCUT2D eigenvalue weighted by atomic mass is 10.3. The zero-order valence-corrected chi connectivity index (χ0v) is 9.50. The average molecular weight is 257 g/mol. The molecular formula is C11H7ClF2N2O. The highest BCUT2D eigenvalue weighted by molar-refractivity contribution is 6.30. The second-order valence-electron chi connectivity index (χ2n) is 3.27. The van der Waals surface area contributed by atoms with Gasteiger partial charge < -0.3 is 4.74 Å². The van der Waals surface area contributed by atoms with Gasteiger partial charge in [0.25, 0.3) is 0 Å². The maximum absolute atomic E-state index is 13.3. The third-order valence-electron chi connectivity index (χ3n) is 2.08. The Kier molecular flexibility index (Phi) is 3.19. The van der Waals surface area contributed by atoms with E-state index in [-0.39, 0.29) is 16.8 Å². The molecule has 1 aromatic carbocycles. The molecule has 0 aliphatic rings. The molecule has 0 radical (unpaired) electrons. The second-order valence-corrected chi connectivity index (χ2v) is 3.63. The van der Waals surface area contributed by atoms with E-state index < -0.39 is 11.6 Å². The Bertz CT molecular complexity index is 563. The van der Waals surface area contributed by atoms with E-state index in [1.807, 2.05) is 0 Å². The van der Waals surface area contributed by atoms with Gasteiger partial charge in [0.1, 0.15) is 17.3 Å². The number of hydrogen-bond acceptors (Lipinski definition) is 3. The van der Waals surface area contributed by atoms with Gasteiger partial charge in [-0.3, -0.25) is 0 Å². The molecule has 1 aromatic heterocycles. The fraction of sp³-hybridized carbons (Fsp3) is 0.0909. The predicted molar refractivity (Wildman–Crippen MR) is 58.2 cm³/mol. The summed E-state index contributed by atoms with van der Waals surface area (Å²) in [5.74, 6) is -1.43. The first-order chi connectivity index (χ1) is 8.08. The molecule has 0 spiro atoms. The van der Waals surface area contributed by atoms with Gasteiger partial charge in [-0.2, -0.15) is 0 Å². The molecule has 6 heteroatoms. The molecule has 0 aliphatic heterocycles. The molecule has 88 valence electrons. The summed E-state index contributed by atoms with van der Waals surface area (Å²) in [6, 6.07) is 2.91. The smallest absolute Gasteiger partial charge is 0.226 e. The van der Waals surface area contributed by atoms with Crippen LogP contribution in [0.25, 0.3) is 0 Å². The molecule has 2 rings (SSSR count). The summed E-state index contributed by atoms with van der Waals surface area (Å²) < 4.78 is 31.4. The van der Waals surface area contributed by atoms with E-state index in [2.05, 4.69) is 9.97 Å². The van der Waals surface area contributed by atoms with Crippen LogP contribution < -0.4 is 4.74 Å². The van der Waals surface area contributed by atoms with Gasteiger partial charge in [0, 0.05) is 11.6 Å². The van der Waals surface area contributed by atoms with Crippen LogP contribution in [0.3, 0.4) is 0 Å². The van der Waals surface area contributed by atoms with E-state index in [1.165, 1.54) is 6.33 Å². The molecule has 0 saturated carbocycles. The van der Waals surface area contributed by atoms with Crippen molar-refractivity contribution in [2.75, 3.05) is 0 Å². The normalized spacial score (nSPS) is 10.4. The number of ether oxygens (including phenoxy) is 1. The lowest BCUT2D eigenvalue weighted by molar-refractivity contribution is 0.418. The predicted octanol–water partition coefficient (Wildman–Crippen LogP) is 3.51. The zero-order valence-electron chi connectivity index (χ0n) is 8.75. The number of rotatable bonds is 2. The monoisotopic (exact) mass is 256 g/mol. The van der Waals surface area contributed by atoms with E-state index >= 15 is 0 Å². The summed E-state index contributed by atoms with van der Waals surface area (Å²) in [5, 5.41) is 0.201. The van der Waals surface area contributed by atoms with Gasteiger partial charge in [-0.25, -0.2) is 18.7 Å². The van der Waals surface area contributed by atoms with Crippen LogP contribution in [-0.2, 0) is 0 Å². The van der Waals surface area contributed by atoms with Crippen molar-refractivity contribution in [2.45, 2.75) is 6.92 Å². The van der Waals surface area contributed by atoms with Gasteiger partial charge in [-0.15, -0.1) is 0 Å². The van der Waals surface area contributed by atoms with Crippen LogP contribution in [0, 0.1) is 18.6 Å². The molecule has 0 N–H and O–H groups in total. The molecule has 0 amide bonds. The highest BCUT2D eigenvalue weighted by Gasteiger charge is 2.11. The summed E-state index contributed by atoms with van der Waals surface area (Å²) in [6.07, 6.45) is 1.18. The minimum Gasteiger partial charge on any atom is -0.435 e. The van der Waals surface area contributed by atoms with Crippen molar-refractivity contribution >= 4 is 11.6 Å². The zero-order chi connectivity index (χ0) is 12.4. The minimum atomic E-state index is -0.680. The first-order valence-electron chi connectivity index (χ1n) is 4.68. The van der Waals surface area contributed by atoms with Gasteiger partial charge >= 0.3 is 0 Å². The molecule has 0 saturated heterocycles. The number of halogens is 3. The van der Waals surface area contributed by atoms with Crippen molar-refractivity contribution in [3.8, 4) is 11.6 Å². The standard InChI is InChI=1S/C11H7ClF2N2O/c1-6-10(12)15-5-16-11(6)17-9-4-7(13)2-3-8(9)14/h2-5H,1H3. The summed E-state index contributed by atoms with van der Waals surface area (Å²) in [7, 11) is 0. The number of benzene rings is 1. The molecule has 1 heterocycles. The first-order valence-corrected chi connectivity index (χ1v) is 5.05.